The number of hydrogen-bond donors (Lipinski definition) is 0. The lowest BCUT2D eigenvalue weighted by Gasteiger charge is -2.36. The number of ether oxygens (including phenoxy) is 1. The third-order valence-corrected chi connectivity index (χ3v) is 5.64. The minimum absolute atomic E-state index is 0.147. The molecule has 3 rings (SSSR count). The SMILES string of the molecule is CCOCCn1nc(C)cc1C(=O)N1CCCCC1CCN1CCCC1. The van der Waals surface area contributed by atoms with E-state index < -0.39 is 0 Å². The third kappa shape index (κ3) is 4.86. The highest BCUT2D eigenvalue weighted by atomic mass is 16.5. The molecule has 0 bridgehead atoms. The van der Waals surface area contributed by atoms with Crippen molar-refractivity contribution in [3.05, 3.63) is 17.5 Å². The van der Waals surface area contributed by atoms with Crippen LogP contribution < -0.4 is 0 Å². The van der Waals surface area contributed by atoms with E-state index in [1.807, 2.05) is 24.6 Å². The Morgan fingerprint density at radius 1 is 1.19 bits per heavy atom. The van der Waals surface area contributed by atoms with Crippen molar-refractivity contribution in [1.82, 2.24) is 19.6 Å². The zero-order chi connectivity index (χ0) is 18.4. The molecular formula is C20H34N4O2. The Bertz CT molecular complexity index is 580. The number of piperidine rings is 1. The summed E-state index contributed by atoms with van der Waals surface area (Å²) in [7, 11) is 0. The van der Waals surface area contributed by atoms with Crippen LogP contribution in [0.1, 0.15) is 61.6 Å². The van der Waals surface area contributed by atoms with Crippen LogP contribution in [0.5, 0.6) is 0 Å². The van der Waals surface area contributed by atoms with Gasteiger partial charge in [0.2, 0.25) is 0 Å². The first kappa shape index (κ1) is 19.4. The number of nitrogens with zero attached hydrogens (tertiary/aromatic N) is 4. The summed E-state index contributed by atoms with van der Waals surface area (Å²) in [6.45, 7) is 10.3. The maximum Gasteiger partial charge on any atom is 0.272 e. The summed E-state index contributed by atoms with van der Waals surface area (Å²) in [4.78, 5) is 18.0. The lowest BCUT2D eigenvalue weighted by atomic mass is 9.98. The van der Waals surface area contributed by atoms with Crippen molar-refractivity contribution in [2.45, 2.75) is 65.0 Å². The van der Waals surface area contributed by atoms with Gasteiger partial charge >= 0.3 is 0 Å². The molecule has 1 aromatic heterocycles. The van der Waals surface area contributed by atoms with Crippen molar-refractivity contribution >= 4 is 5.91 Å². The van der Waals surface area contributed by atoms with E-state index in [9.17, 15) is 4.79 Å². The summed E-state index contributed by atoms with van der Waals surface area (Å²) in [5.74, 6) is 0.147. The van der Waals surface area contributed by atoms with Crippen LogP contribution in [0.4, 0.5) is 0 Å². The van der Waals surface area contributed by atoms with Crippen molar-refractivity contribution < 1.29 is 9.53 Å². The fraction of sp³-hybridized carbons (Fsp3) is 0.800. The molecule has 1 atom stereocenters. The van der Waals surface area contributed by atoms with E-state index in [1.54, 1.807) is 0 Å². The number of aromatic nitrogens is 2. The van der Waals surface area contributed by atoms with Crippen molar-refractivity contribution in [3.63, 3.8) is 0 Å². The number of aryl methyl sites for hydroxylation is 1. The summed E-state index contributed by atoms with van der Waals surface area (Å²) in [6.07, 6.45) is 7.22. The largest absolute Gasteiger partial charge is 0.380 e. The summed E-state index contributed by atoms with van der Waals surface area (Å²) in [5, 5.41) is 4.51. The number of rotatable bonds is 8. The van der Waals surface area contributed by atoms with E-state index in [2.05, 4.69) is 14.9 Å². The fourth-order valence-electron chi connectivity index (χ4n) is 4.24. The molecule has 1 unspecified atom stereocenters. The predicted octanol–water partition coefficient (Wildman–Crippen LogP) is 2.71. The second-order valence-corrected chi connectivity index (χ2v) is 7.58. The first-order valence-electron chi connectivity index (χ1n) is 10.3. The van der Waals surface area contributed by atoms with Gasteiger partial charge in [-0.25, -0.2) is 0 Å². The molecule has 0 N–H and O–H groups in total. The number of likely N-dealkylation sites (tertiary alicyclic amines) is 2. The van der Waals surface area contributed by atoms with Gasteiger partial charge in [0, 0.05) is 25.7 Å². The van der Waals surface area contributed by atoms with Gasteiger partial charge in [-0.3, -0.25) is 9.48 Å². The highest BCUT2D eigenvalue weighted by Gasteiger charge is 2.30. The molecule has 3 heterocycles. The standard InChI is InChI=1S/C20H34N4O2/c1-3-26-15-14-24-19(16-17(2)21-24)20(25)23-12-5-4-8-18(23)9-13-22-10-6-7-11-22/h16,18H,3-15H2,1-2H3. The zero-order valence-electron chi connectivity index (χ0n) is 16.5. The van der Waals surface area contributed by atoms with Crippen LogP contribution in [-0.4, -0.2) is 70.9 Å². The molecule has 1 amide bonds. The van der Waals surface area contributed by atoms with Crippen LogP contribution in [0.2, 0.25) is 0 Å². The molecule has 26 heavy (non-hydrogen) atoms. The smallest absolute Gasteiger partial charge is 0.272 e. The van der Waals surface area contributed by atoms with E-state index in [0.717, 1.165) is 43.7 Å². The van der Waals surface area contributed by atoms with Crippen LogP contribution in [0, 0.1) is 6.92 Å². The third-order valence-electron chi connectivity index (χ3n) is 5.64. The minimum atomic E-state index is 0.147. The molecule has 0 radical (unpaired) electrons. The first-order chi connectivity index (χ1) is 12.7. The highest BCUT2D eigenvalue weighted by Crippen LogP contribution is 2.23. The van der Waals surface area contributed by atoms with Crippen molar-refractivity contribution in [1.29, 1.82) is 0 Å². The van der Waals surface area contributed by atoms with Gasteiger partial charge in [0.05, 0.1) is 18.8 Å². The van der Waals surface area contributed by atoms with Crippen LogP contribution in [-0.2, 0) is 11.3 Å². The summed E-state index contributed by atoms with van der Waals surface area (Å²) >= 11 is 0. The zero-order valence-corrected chi connectivity index (χ0v) is 16.5. The molecule has 0 aliphatic carbocycles. The molecule has 0 spiro atoms. The maximum absolute atomic E-state index is 13.3. The van der Waals surface area contributed by atoms with Gasteiger partial charge in [0.15, 0.2) is 0 Å². The van der Waals surface area contributed by atoms with Crippen LogP contribution in [0.3, 0.4) is 0 Å². The van der Waals surface area contributed by atoms with Gasteiger partial charge in [-0.1, -0.05) is 0 Å². The maximum atomic E-state index is 13.3. The second kappa shape index (κ2) is 9.51. The normalized spacial score (nSPS) is 21.5. The van der Waals surface area contributed by atoms with E-state index in [4.69, 9.17) is 4.74 Å². The topological polar surface area (TPSA) is 50.6 Å². The molecular weight excluding hydrogens is 328 g/mol. The predicted molar refractivity (Wildman–Crippen MR) is 102 cm³/mol. The molecule has 2 fully saturated rings. The molecule has 0 saturated carbocycles. The summed E-state index contributed by atoms with van der Waals surface area (Å²) in [5.41, 5.74) is 1.62. The quantitative estimate of drug-likeness (QED) is 0.667. The number of carbonyl (C=O) groups excluding carboxylic acids is 1. The van der Waals surface area contributed by atoms with E-state index >= 15 is 0 Å². The second-order valence-electron chi connectivity index (χ2n) is 7.58. The fourth-order valence-corrected chi connectivity index (χ4v) is 4.24. The van der Waals surface area contributed by atoms with Crippen LogP contribution >= 0.6 is 0 Å². The van der Waals surface area contributed by atoms with Gasteiger partial charge in [-0.2, -0.15) is 5.10 Å². The Balaban J connectivity index is 1.65. The van der Waals surface area contributed by atoms with Gasteiger partial charge in [0.25, 0.3) is 5.91 Å². The Kier molecular flexibility index (Phi) is 7.08. The van der Waals surface area contributed by atoms with Crippen molar-refractivity contribution in [3.8, 4) is 0 Å². The van der Waals surface area contributed by atoms with Crippen LogP contribution in [0.15, 0.2) is 6.07 Å². The molecule has 146 valence electrons. The summed E-state index contributed by atoms with van der Waals surface area (Å²) in [6, 6.07) is 2.30. The molecule has 1 aromatic rings. The Morgan fingerprint density at radius 3 is 2.73 bits per heavy atom. The van der Waals surface area contributed by atoms with Crippen molar-refractivity contribution in [2.75, 3.05) is 39.4 Å². The van der Waals surface area contributed by atoms with E-state index in [-0.39, 0.29) is 5.91 Å². The Labute approximate surface area is 157 Å². The average molecular weight is 363 g/mol. The van der Waals surface area contributed by atoms with E-state index in [1.165, 1.54) is 32.4 Å². The molecule has 0 aromatic carbocycles. The number of amides is 1. The molecule has 6 nitrogen and oxygen atoms in total. The Hall–Kier alpha value is -1.40. The van der Waals surface area contributed by atoms with Gasteiger partial charge in [-0.15, -0.1) is 0 Å². The monoisotopic (exact) mass is 362 g/mol. The number of carbonyl (C=O) groups is 1. The van der Waals surface area contributed by atoms with E-state index in [0.29, 0.717) is 25.8 Å². The lowest BCUT2D eigenvalue weighted by Crippen LogP contribution is -2.45. The number of hydrogen-bond acceptors (Lipinski definition) is 4. The molecule has 6 heteroatoms. The lowest BCUT2D eigenvalue weighted by molar-refractivity contribution is 0.0571. The average Bonchev–Trinajstić information content (AvgIpc) is 3.29. The molecule has 2 aliphatic rings. The molecule has 2 aliphatic heterocycles. The van der Waals surface area contributed by atoms with Gasteiger partial charge in [-0.05, 0) is 71.5 Å². The first-order valence-corrected chi connectivity index (χ1v) is 10.3. The van der Waals surface area contributed by atoms with Gasteiger partial charge < -0.3 is 14.5 Å². The van der Waals surface area contributed by atoms with Gasteiger partial charge in [0.1, 0.15) is 5.69 Å². The van der Waals surface area contributed by atoms with Crippen molar-refractivity contribution in [2.24, 2.45) is 0 Å². The summed E-state index contributed by atoms with van der Waals surface area (Å²) < 4.78 is 7.29. The highest BCUT2D eigenvalue weighted by molar-refractivity contribution is 5.93. The van der Waals surface area contributed by atoms with Crippen LogP contribution in [0.25, 0.3) is 0 Å². The molecule has 2 saturated heterocycles. The Morgan fingerprint density at radius 2 is 1.96 bits per heavy atom. The minimum Gasteiger partial charge on any atom is -0.380 e.